The fourth-order valence-electron chi connectivity index (χ4n) is 6.31. The first-order valence-electron chi connectivity index (χ1n) is 18.1. The number of amides is 3. The summed E-state index contributed by atoms with van der Waals surface area (Å²) in [5, 5.41) is 16.7. The van der Waals surface area contributed by atoms with Crippen LogP contribution < -0.4 is 21.1 Å². The number of hydrogen-bond acceptors (Lipinski definition) is 11. The summed E-state index contributed by atoms with van der Waals surface area (Å²) in [6.45, 7) is 5.90. The Balaban J connectivity index is 1.17. The van der Waals surface area contributed by atoms with Crippen LogP contribution in [-0.4, -0.2) is 120 Å². The Kier molecular flexibility index (Phi) is 14.3. The zero-order valence-corrected chi connectivity index (χ0v) is 30.5. The number of ether oxygens (including phenoxy) is 4. The smallest absolute Gasteiger partial charge is 0.334 e. The number of esters is 1. The lowest BCUT2D eigenvalue weighted by molar-refractivity contribution is -0.147. The van der Waals surface area contributed by atoms with Gasteiger partial charge in [-0.2, -0.15) is 0 Å². The third kappa shape index (κ3) is 10.5. The van der Waals surface area contributed by atoms with Gasteiger partial charge in [-0.05, 0) is 37.0 Å². The quantitative estimate of drug-likeness (QED) is 0.0756. The number of aromatic nitrogens is 2. The van der Waals surface area contributed by atoms with Gasteiger partial charge in [0.2, 0.25) is 17.7 Å². The van der Waals surface area contributed by atoms with Crippen LogP contribution in [0.25, 0.3) is 27.3 Å². The van der Waals surface area contributed by atoms with Gasteiger partial charge in [-0.3, -0.25) is 19.2 Å². The maximum atomic E-state index is 13.6. The molecule has 16 heteroatoms. The van der Waals surface area contributed by atoms with Crippen LogP contribution >= 0.6 is 0 Å². The number of nitrogens with two attached hydrogens (primary N) is 1. The molecule has 3 atom stereocenters. The SMILES string of the molecule is CC(C)[C@H](NC(=O)[C@@H]1CCCN1C(=O)[C@H](CC(=O)O)NC(=O)CCOCCOCCOCCN)C(=O)Oc1ccn2cc3cc4ccccc4nc3c2c1. The molecule has 5 N–H and O–H groups in total. The Morgan fingerprint density at radius 1 is 0.944 bits per heavy atom. The Labute approximate surface area is 312 Å². The molecule has 290 valence electrons. The van der Waals surface area contributed by atoms with E-state index in [4.69, 9.17) is 29.7 Å². The molecule has 1 aliphatic rings. The van der Waals surface area contributed by atoms with Gasteiger partial charge in [0.15, 0.2) is 0 Å². The molecule has 0 radical (unpaired) electrons. The van der Waals surface area contributed by atoms with Crippen molar-refractivity contribution >= 4 is 57.0 Å². The average molecular weight is 749 g/mol. The zero-order valence-electron chi connectivity index (χ0n) is 30.5. The maximum Gasteiger partial charge on any atom is 0.334 e. The van der Waals surface area contributed by atoms with Gasteiger partial charge in [-0.25, -0.2) is 9.78 Å². The summed E-state index contributed by atoms with van der Waals surface area (Å²) in [4.78, 5) is 71.2. The largest absolute Gasteiger partial charge is 0.481 e. The maximum absolute atomic E-state index is 13.6. The lowest BCUT2D eigenvalue weighted by atomic mass is 10.0. The highest BCUT2D eigenvalue weighted by atomic mass is 16.5. The number of pyridine rings is 2. The van der Waals surface area contributed by atoms with Gasteiger partial charge in [-0.15, -0.1) is 0 Å². The number of likely N-dealkylation sites (tertiary alicyclic amines) is 1. The molecule has 5 rings (SSSR count). The Morgan fingerprint density at radius 2 is 1.67 bits per heavy atom. The van der Waals surface area contributed by atoms with E-state index in [-0.39, 0.29) is 44.5 Å². The van der Waals surface area contributed by atoms with Crippen LogP contribution in [0.15, 0.2) is 54.9 Å². The molecule has 3 amide bonds. The van der Waals surface area contributed by atoms with Crippen molar-refractivity contribution in [2.24, 2.45) is 11.7 Å². The monoisotopic (exact) mass is 748 g/mol. The van der Waals surface area contributed by atoms with Crippen molar-refractivity contribution in [3.63, 3.8) is 0 Å². The third-order valence-corrected chi connectivity index (χ3v) is 9.00. The van der Waals surface area contributed by atoms with Crippen molar-refractivity contribution in [3.8, 4) is 5.75 Å². The van der Waals surface area contributed by atoms with Gasteiger partial charge in [0, 0.05) is 48.7 Å². The Morgan fingerprint density at radius 3 is 2.39 bits per heavy atom. The van der Waals surface area contributed by atoms with E-state index >= 15 is 0 Å². The van der Waals surface area contributed by atoms with Crippen molar-refractivity contribution in [1.82, 2.24) is 24.9 Å². The van der Waals surface area contributed by atoms with Crippen molar-refractivity contribution in [3.05, 3.63) is 54.9 Å². The molecule has 0 spiro atoms. The van der Waals surface area contributed by atoms with Crippen molar-refractivity contribution in [1.29, 1.82) is 0 Å². The van der Waals surface area contributed by atoms with E-state index in [1.807, 2.05) is 34.9 Å². The van der Waals surface area contributed by atoms with Crippen LogP contribution in [0.5, 0.6) is 5.75 Å². The number of nitrogens with zero attached hydrogens (tertiary/aromatic N) is 3. The summed E-state index contributed by atoms with van der Waals surface area (Å²) >= 11 is 0. The highest BCUT2D eigenvalue weighted by Crippen LogP contribution is 2.28. The van der Waals surface area contributed by atoms with Crippen LogP contribution in [0.2, 0.25) is 0 Å². The van der Waals surface area contributed by atoms with Gasteiger partial charge in [0.1, 0.15) is 23.9 Å². The first-order valence-corrected chi connectivity index (χ1v) is 18.1. The first kappa shape index (κ1) is 40.0. The molecule has 1 aliphatic heterocycles. The van der Waals surface area contributed by atoms with E-state index < -0.39 is 54.2 Å². The molecular weight excluding hydrogens is 700 g/mol. The fourth-order valence-corrected chi connectivity index (χ4v) is 6.31. The number of hydrogen-bond donors (Lipinski definition) is 4. The summed E-state index contributed by atoms with van der Waals surface area (Å²) in [6, 6.07) is 9.78. The minimum absolute atomic E-state index is 0.0262. The third-order valence-electron chi connectivity index (χ3n) is 9.00. The predicted molar refractivity (Wildman–Crippen MR) is 198 cm³/mol. The van der Waals surface area contributed by atoms with Gasteiger partial charge < -0.3 is 49.7 Å². The second kappa shape index (κ2) is 19.3. The lowest BCUT2D eigenvalue weighted by Crippen LogP contribution is -2.56. The lowest BCUT2D eigenvalue weighted by Gasteiger charge is -2.30. The van der Waals surface area contributed by atoms with Crippen LogP contribution in [0, 0.1) is 5.92 Å². The number of benzene rings is 1. The number of carboxylic acid groups (broad SMARTS) is 1. The number of carbonyl (C=O) groups excluding carboxylic acids is 4. The van der Waals surface area contributed by atoms with Crippen molar-refractivity contribution in [2.45, 2.75) is 57.7 Å². The minimum atomic E-state index is -1.40. The van der Waals surface area contributed by atoms with E-state index in [0.717, 1.165) is 27.3 Å². The van der Waals surface area contributed by atoms with E-state index in [2.05, 4.69) is 16.7 Å². The van der Waals surface area contributed by atoms with E-state index in [1.165, 1.54) is 4.90 Å². The van der Waals surface area contributed by atoms with Crippen LogP contribution in [0.3, 0.4) is 0 Å². The van der Waals surface area contributed by atoms with E-state index in [9.17, 15) is 29.1 Å². The minimum Gasteiger partial charge on any atom is -0.481 e. The Bertz CT molecular complexity index is 1950. The molecular formula is C38H48N6O10. The molecule has 1 fully saturated rings. The molecule has 4 aromatic rings. The number of aliphatic carboxylic acids is 1. The van der Waals surface area contributed by atoms with E-state index in [1.54, 1.807) is 32.2 Å². The van der Waals surface area contributed by atoms with Gasteiger partial charge >= 0.3 is 11.9 Å². The second-order valence-electron chi connectivity index (χ2n) is 13.3. The molecule has 16 nitrogen and oxygen atoms in total. The van der Waals surface area contributed by atoms with Crippen LogP contribution in [0.1, 0.15) is 39.5 Å². The number of carbonyl (C=O) groups is 5. The van der Waals surface area contributed by atoms with Crippen LogP contribution in [0.4, 0.5) is 0 Å². The molecule has 4 heterocycles. The molecule has 1 aromatic carbocycles. The average Bonchev–Trinajstić information content (AvgIpc) is 3.77. The summed E-state index contributed by atoms with van der Waals surface area (Å²) in [6.07, 6.45) is 3.69. The second-order valence-corrected chi connectivity index (χ2v) is 13.3. The molecule has 54 heavy (non-hydrogen) atoms. The van der Waals surface area contributed by atoms with Gasteiger partial charge in [0.05, 0.1) is 62.6 Å². The van der Waals surface area contributed by atoms with Gasteiger partial charge in [0.25, 0.3) is 0 Å². The summed E-state index contributed by atoms with van der Waals surface area (Å²) in [5.74, 6) is -3.94. The standard InChI is InChI=1S/C38H48N6O10/c1-24(2)34(38(50)54-27-9-13-43-23-26-20-25-6-3-4-7-28(25)41-35(26)31(43)21-27)42-36(48)30-8-5-12-44(30)37(49)29(22-33(46)47)40-32(45)10-14-51-16-18-53-19-17-52-15-11-39/h3-4,6-7,9,13,20-21,23-24,29-30,34H,5,8,10-12,14-19,22,39H2,1-2H3,(H,40,45)(H,42,48)(H,46,47)/t29-,30-,34-/m0/s1. The molecule has 1 saturated heterocycles. The highest BCUT2D eigenvalue weighted by molar-refractivity contribution is 6.01. The number of para-hydroxylation sites is 1. The number of fused-ring (bicyclic) bond motifs is 4. The highest BCUT2D eigenvalue weighted by Gasteiger charge is 2.40. The fraction of sp³-hybridized carbons (Fsp3) is 0.474. The zero-order chi connectivity index (χ0) is 38.6. The normalized spacial score (nSPS) is 15.5. The Hall–Kier alpha value is -5.16. The van der Waals surface area contributed by atoms with Crippen LogP contribution in [-0.2, 0) is 38.2 Å². The molecule has 0 aliphatic carbocycles. The molecule has 3 aromatic heterocycles. The summed E-state index contributed by atoms with van der Waals surface area (Å²) < 4.78 is 23.6. The summed E-state index contributed by atoms with van der Waals surface area (Å²) in [7, 11) is 0. The van der Waals surface area contributed by atoms with Crippen molar-refractivity contribution < 1.29 is 48.0 Å². The molecule has 0 saturated carbocycles. The first-order chi connectivity index (χ1) is 26.0. The molecule has 0 bridgehead atoms. The topological polar surface area (TPSA) is 213 Å². The predicted octanol–water partition coefficient (Wildman–Crippen LogP) is 2.04. The van der Waals surface area contributed by atoms with E-state index in [0.29, 0.717) is 39.2 Å². The number of carboxylic acids is 1. The number of rotatable bonds is 20. The number of nitrogens with one attached hydrogen (secondary N) is 2. The van der Waals surface area contributed by atoms with Gasteiger partial charge in [-0.1, -0.05) is 32.0 Å². The van der Waals surface area contributed by atoms with Crippen molar-refractivity contribution in [2.75, 3.05) is 52.7 Å². The molecule has 0 unspecified atom stereocenters. The summed E-state index contributed by atoms with van der Waals surface area (Å²) in [5.41, 5.74) is 7.68.